The lowest BCUT2D eigenvalue weighted by atomic mass is 9.98. The molecule has 0 aliphatic carbocycles. The largest absolute Gasteiger partial charge is 0.384 e. The van der Waals surface area contributed by atoms with Crippen molar-refractivity contribution in [1.29, 1.82) is 0 Å². The van der Waals surface area contributed by atoms with Crippen LogP contribution in [0.4, 0.5) is 17.6 Å². The van der Waals surface area contributed by atoms with E-state index in [2.05, 4.69) is 10.1 Å². The first-order valence-corrected chi connectivity index (χ1v) is 8.72. The molecule has 3 heterocycles. The second kappa shape index (κ2) is 6.99. The highest BCUT2D eigenvalue weighted by atomic mass is 35.5. The topological polar surface area (TPSA) is 37.7 Å². The number of alkyl halides is 1. The third-order valence-electron chi connectivity index (χ3n) is 4.62. The van der Waals surface area contributed by atoms with E-state index in [-0.39, 0.29) is 29.2 Å². The van der Waals surface area contributed by atoms with Crippen LogP contribution in [0.15, 0.2) is 29.6 Å². The number of hydrogen-bond acceptors (Lipinski definition) is 4. The number of aromatic nitrogens is 1. The van der Waals surface area contributed by atoms with Gasteiger partial charge in [0.2, 0.25) is 0 Å². The molecule has 2 aliphatic heterocycles. The molecule has 1 aromatic carbocycles. The van der Waals surface area contributed by atoms with Crippen molar-refractivity contribution in [2.45, 2.75) is 25.1 Å². The Morgan fingerprint density at radius 2 is 1.89 bits per heavy atom. The zero-order valence-corrected chi connectivity index (χ0v) is 14.7. The standard InChI is InChI=1S/C18H14ClF4N3O/c19-9-3-12(17-13(22)4-11(21)5-14(17)23)18(24-7-9)15-6-16(25-27-15)26-2-1-10(20)8-26/h3-5,7,10,15H,1-2,6,8H2/t10-,15?/m1/s1. The average molecular weight is 400 g/mol. The molecule has 1 unspecified atom stereocenters. The van der Waals surface area contributed by atoms with Crippen LogP contribution in [0.2, 0.25) is 5.02 Å². The SMILES string of the molecule is Fc1cc(F)c(-c2cc(Cl)cnc2C2CC(N3CC[C@@H](F)C3)=NO2)c(F)c1. The normalized spacial score (nSPS) is 22.1. The van der Waals surface area contributed by atoms with Gasteiger partial charge in [-0.15, -0.1) is 0 Å². The van der Waals surface area contributed by atoms with Crippen molar-refractivity contribution >= 4 is 17.4 Å². The molecule has 2 aliphatic rings. The summed E-state index contributed by atoms with van der Waals surface area (Å²) in [5, 5.41) is 4.14. The number of likely N-dealkylation sites (tertiary alicyclic amines) is 1. The molecule has 1 fully saturated rings. The molecule has 2 aromatic rings. The fourth-order valence-electron chi connectivity index (χ4n) is 3.36. The van der Waals surface area contributed by atoms with Gasteiger partial charge in [-0.2, -0.15) is 0 Å². The molecule has 2 atom stereocenters. The lowest BCUT2D eigenvalue weighted by molar-refractivity contribution is 0.0828. The van der Waals surface area contributed by atoms with Crippen LogP contribution in [0.3, 0.4) is 0 Å². The van der Waals surface area contributed by atoms with Crippen LogP contribution in [-0.4, -0.2) is 35.0 Å². The first-order valence-electron chi connectivity index (χ1n) is 8.34. The summed E-state index contributed by atoms with van der Waals surface area (Å²) in [5.41, 5.74) is -0.161. The van der Waals surface area contributed by atoms with E-state index in [1.807, 2.05) is 0 Å². The average Bonchev–Trinajstić information content (AvgIpc) is 3.23. The van der Waals surface area contributed by atoms with E-state index in [0.717, 1.165) is 0 Å². The lowest BCUT2D eigenvalue weighted by Gasteiger charge is -2.17. The van der Waals surface area contributed by atoms with Gasteiger partial charge in [0, 0.05) is 30.4 Å². The number of rotatable bonds is 2. The molecule has 9 heteroatoms. The molecule has 142 valence electrons. The molecule has 0 amide bonds. The van der Waals surface area contributed by atoms with Crippen LogP contribution < -0.4 is 0 Å². The molecular formula is C18H14ClF4N3O. The second-order valence-corrected chi connectivity index (χ2v) is 6.90. The minimum absolute atomic E-state index is 0.0590. The summed E-state index contributed by atoms with van der Waals surface area (Å²) in [6, 6.07) is 2.52. The van der Waals surface area contributed by atoms with Gasteiger partial charge in [0.25, 0.3) is 0 Å². The van der Waals surface area contributed by atoms with E-state index in [9.17, 15) is 17.6 Å². The van der Waals surface area contributed by atoms with Crippen molar-refractivity contribution in [2.75, 3.05) is 13.1 Å². The Morgan fingerprint density at radius 3 is 2.56 bits per heavy atom. The molecular weight excluding hydrogens is 386 g/mol. The summed E-state index contributed by atoms with van der Waals surface area (Å²) in [5.74, 6) is -2.61. The zero-order chi connectivity index (χ0) is 19.1. The Hall–Kier alpha value is -2.35. The van der Waals surface area contributed by atoms with Crippen molar-refractivity contribution in [3.63, 3.8) is 0 Å². The number of amidine groups is 1. The number of oxime groups is 1. The lowest BCUT2D eigenvalue weighted by Crippen LogP contribution is -2.28. The van der Waals surface area contributed by atoms with Crippen molar-refractivity contribution < 1.29 is 22.4 Å². The predicted octanol–water partition coefficient (Wildman–Crippen LogP) is 4.64. The summed E-state index contributed by atoms with van der Waals surface area (Å²) < 4.78 is 55.3. The third-order valence-corrected chi connectivity index (χ3v) is 4.82. The van der Waals surface area contributed by atoms with Gasteiger partial charge in [-0.05, 0) is 12.5 Å². The Labute approximate surface area is 157 Å². The van der Waals surface area contributed by atoms with Crippen LogP contribution in [0.25, 0.3) is 11.1 Å². The van der Waals surface area contributed by atoms with Crippen LogP contribution in [-0.2, 0) is 4.84 Å². The first-order chi connectivity index (χ1) is 12.9. The maximum Gasteiger partial charge on any atom is 0.177 e. The number of hydrogen-bond donors (Lipinski definition) is 0. The molecule has 4 rings (SSSR count). The highest BCUT2D eigenvalue weighted by Crippen LogP contribution is 2.38. The van der Waals surface area contributed by atoms with Crippen molar-refractivity contribution in [2.24, 2.45) is 5.16 Å². The van der Waals surface area contributed by atoms with Gasteiger partial charge in [0.05, 0.1) is 29.2 Å². The summed E-state index contributed by atoms with van der Waals surface area (Å²) >= 11 is 5.96. The van der Waals surface area contributed by atoms with Crippen LogP contribution in [0, 0.1) is 17.5 Å². The maximum absolute atomic E-state index is 14.3. The monoisotopic (exact) mass is 399 g/mol. The predicted molar refractivity (Wildman–Crippen MR) is 91.5 cm³/mol. The molecule has 1 aromatic heterocycles. The van der Waals surface area contributed by atoms with Gasteiger partial charge in [0.15, 0.2) is 6.10 Å². The fourth-order valence-corrected chi connectivity index (χ4v) is 3.51. The highest BCUT2D eigenvalue weighted by molar-refractivity contribution is 6.30. The summed E-state index contributed by atoms with van der Waals surface area (Å²) in [7, 11) is 0. The number of benzene rings is 1. The first kappa shape index (κ1) is 18.0. The molecule has 27 heavy (non-hydrogen) atoms. The summed E-state index contributed by atoms with van der Waals surface area (Å²) in [6.45, 7) is 0.759. The van der Waals surface area contributed by atoms with E-state index in [4.69, 9.17) is 16.4 Å². The summed E-state index contributed by atoms with van der Waals surface area (Å²) in [4.78, 5) is 11.3. The Morgan fingerprint density at radius 1 is 1.15 bits per heavy atom. The maximum atomic E-state index is 14.3. The van der Waals surface area contributed by atoms with E-state index in [1.54, 1.807) is 4.90 Å². The Balaban J connectivity index is 1.68. The zero-order valence-electron chi connectivity index (χ0n) is 13.9. The molecule has 0 N–H and O–H groups in total. The molecule has 0 saturated carbocycles. The molecule has 0 bridgehead atoms. The molecule has 0 radical (unpaired) electrons. The minimum Gasteiger partial charge on any atom is -0.384 e. The van der Waals surface area contributed by atoms with Gasteiger partial charge in [-0.25, -0.2) is 17.6 Å². The minimum atomic E-state index is -1.07. The van der Waals surface area contributed by atoms with Crippen molar-refractivity contribution in [3.05, 3.63) is 52.6 Å². The molecule has 1 saturated heterocycles. The van der Waals surface area contributed by atoms with E-state index in [1.165, 1.54) is 12.3 Å². The van der Waals surface area contributed by atoms with Crippen molar-refractivity contribution in [3.8, 4) is 11.1 Å². The number of pyridine rings is 1. The van der Waals surface area contributed by atoms with E-state index < -0.39 is 35.3 Å². The van der Waals surface area contributed by atoms with Crippen LogP contribution in [0.1, 0.15) is 24.6 Å². The Kier molecular flexibility index (Phi) is 4.67. The molecule has 0 spiro atoms. The second-order valence-electron chi connectivity index (χ2n) is 6.47. The quantitative estimate of drug-likeness (QED) is 0.690. The highest BCUT2D eigenvalue weighted by Gasteiger charge is 2.34. The Bertz CT molecular complexity index is 900. The van der Waals surface area contributed by atoms with Crippen LogP contribution in [0.5, 0.6) is 0 Å². The van der Waals surface area contributed by atoms with E-state index >= 15 is 0 Å². The fraction of sp³-hybridized carbons (Fsp3) is 0.333. The van der Waals surface area contributed by atoms with Gasteiger partial charge >= 0.3 is 0 Å². The smallest absolute Gasteiger partial charge is 0.177 e. The van der Waals surface area contributed by atoms with Gasteiger partial charge in [-0.1, -0.05) is 16.8 Å². The van der Waals surface area contributed by atoms with Gasteiger partial charge in [-0.3, -0.25) is 4.98 Å². The third kappa shape index (κ3) is 3.45. The van der Waals surface area contributed by atoms with E-state index in [0.29, 0.717) is 30.9 Å². The molecule has 4 nitrogen and oxygen atoms in total. The van der Waals surface area contributed by atoms with Gasteiger partial charge < -0.3 is 9.74 Å². The number of nitrogens with zero attached hydrogens (tertiary/aromatic N) is 3. The van der Waals surface area contributed by atoms with Gasteiger partial charge in [0.1, 0.15) is 29.5 Å². The number of halogens is 5. The summed E-state index contributed by atoms with van der Waals surface area (Å²) in [6.07, 6.45) is 0.390. The van der Waals surface area contributed by atoms with Crippen LogP contribution >= 0.6 is 11.6 Å². The van der Waals surface area contributed by atoms with Crippen molar-refractivity contribution in [1.82, 2.24) is 9.88 Å².